The molecule has 2 atom stereocenters. The van der Waals surface area contributed by atoms with Crippen molar-refractivity contribution in [3.8, 4) is 5.75 Å². The molecule has 1 heterocycles. The molecule has 0 unspecified atom stereocenters. The minimum Gasteiger partial charge on any atom is -0.429 e. The van der Waals surface area contributed by atoms with Gasteiger partial charge in [-0.05, 0) is 42.7 Å². The summed E-state index contributed by atoms with van der Waals surface area (Å²) in [5.74, 6) is -2.57. The van der Waals surface area contributed by atoms with Crippen LogP contribution in [-0.4, -0.2) is 77.4 Å². The average Bonchev–Trinajstić information content (AvgIpc) is 3.35. The van der Waals surface area contributed by atoms with Crippen LogP contribution in [0, 0.1) is 16.0 Å². The first-order chi connectivity index (χ1) is 22.3. The van der Waals surface area contributed by atoms with Crippen LogP contribution in [0.25, 0.3) is 0 Å². The molecule has 0 spiro atoms. The summed E-state index contributed by atoms with van der Waals surface area (Å²) in [6, 6.07) is 9.40. The second-order valence-corrected chi connectivity index (χ2v) is 10.6. The molecular weight excluding hydrogens is 618 g/mol. The summed E-state index contributed by atoms with van der Waals surface area (Å²) >= 11 is 0. The summed E-state index contributed by atoms with van der Waals surface area (Å²) in [6.45, 7) is 4.97. The number of carbonyl (C=O) groups is 6. The molecule has 250 valence electrons. The number of nitrogens with one attached hydrogen (secondary N) is 3. The van der Waals surface area contributed by atoms with Crippen molar-refractivity contribution in [2.75, 3.05) is 25.1 Å². The highest BCUT2D eigenvalue weighted by Gasteiger charge is 2.27. The lowest BCUT2D eigenvalue weighted by Crippen LogP contribution is -2.53. The molecule has 1 aliphatic rings. The standard InChI is InChI=1S/C31H35N5O11/c1-19(2)28(34-25(37)14-16-45-17-15-35-26(38)12-13-27(35)39)30(41)32-20(3)29(40)33-22-6-4-21(5-7-22)18-46-31(42)47-24-10-8-23(9-11-24)36(43)44/h4-13,19-20,28H,14-18H2,1-3H3,(H,32,41)(H,33,40)(H,34,37)/t20-,28-/m0/s1. The van der Waals surface area contributed by atoms with Gasteiger partial charge < -0.3 is 30.2 Å². The number of ether oxygens (including phenoxy) is 3. The molecule has 2 aromatic rings. The Labute approximate surface area is 269 Å². The molecule has 1 aliphatic heterocycles. The molecule has 0 bridgehead atoms. The van der Waals surface area contributed by atoms with Crippen LogP contribution in [0.3, 0.4) is 0 Å². The minimum atomic E-state index is -1.01. The predicted molar refractivity (Wildman–Crippen MR) is 165 cm³/mol. The van der Waals surface area contributed by atoms with Gasteiger partial charge in [-0.2, -0.15) is 0 Å². The Bertz CT molecular complexity index is 1490. The molecule has 3 N–H and O–H groups in total. The summed E-state index contributed by atoms with van der Waals surface area (Å²) in [5.41, 5.74) is 0.846. The van der Waals surface area contributed by atoms with E-state index in [4.69, 9.17) is 14.2 Å². The zero-order valence-corrected chi connectivity index (χ0v) is 25.9. The third-order valence-corrected chi connectivity index (χ3v) is 6.68. The van der Waals surface area contributed by atoms with Gasteiger partial charge in [0.1, 0.15) is 24.4 Å². The van der Waals surface area contributed by atoms with Gasteiger partial charge in [-0.25, -0.2) is 4.79 Å². The molecule has 16 heteroatoms. The number of nitro groups is 1. The predicted octanol–water partition coefficient (Wildman–Crippen LogP) is 2.23. The molecule has 0 aromatic heterocycles. The maximum Gasteiger partial charge on any atom is 0.514 e. The van der Waals surface area contributed by atoms with Crippen molar-refractivity contribution < 1.29 is 47.9 Å². The van der Waals surface area contributed by atoms with E-state index in [2.05, 4.69) is 16.0 Å². The molecule has 16 nitrogen and oxygen atoms in total. The maximum atomic E-state index is 12.9. The number of anilines is 1. The molecule has 5 amide bonds. The number of imide groups is 1. The summed E-state index contributed by atoms with van der Waals surface area (Å²) in [4.78, 5) is 84.3. The summed E-state index contributed by atoms with van der Waals surface area (Å²) in [5, 5.41) is 18.6. The van der Waals surface area contributed by atoms with E-state index in [1.54, 1.807) is 38.1 Å². The number of rotatable bonds is 16. The first kappa shape index (κ1) is 35.8. The summed E-state index contributed by atoms with van der Waals surface area (Å²) in [6.07, 6.45) is 1.28. The fourth-order valence-electron chi connectivity index (χ4n) is 4.06. The lowest BCUT2D eigenvalue weighted by atomic mass is 10.0. The normalized spacial score (nSPS) is 13.6. The number of non-ortho nitro benzene ring substituents is 1. The van der Waals surface area contributed by atoms with E-state index < -0.39 is 52.7 Å². The maximum absolute atomic E-state index is 12.9. The van der Waals surface area contributed by atoms with Gasteiger partial charge in [-0.15, -0.1) is 0 Å². The Hall–Kier alpha value is -5.64. The third-order valence-electron chi connectivity index (χ3n) is 6.68. The number of carbonyl (C=O) groups excluding carboxylic acids is 6. The zero-order chi connectivity index (χ0) is 34.5. The van der Waals surface area contributed by atoms with Crippen molar-refractivity contribution in [2.45, 2.75) is 45.9 Å². The van der Waals surface area contributed by atoms with E-state index in [0.29, 0.717) is 11.3 Å². The second kappa shape index (κ2) is 17.2. The highest BCUT2D eigenvalue weighted by Crippen LogP contribution is 2.18. The van der Waals surface area contributed by atoms with Crippen molar-refractivity contribution >= 4 is 47.1 Å². The molecule has 0 fully saturated rings. The minimum absolute atomic E-state index is 0.0118. The van der Waals surface area contributed by atoms with Gasteiger partial charge in [-0.3, -0.25) is 39.0 Å². The van der Waals surface area contributed by atoms with Crippen LogP contribution in [0.5, 0.6) is 5.75 Å². The number of hydrogen-bond donors (Lipinski definition) is 3. The van der Waals surface area contributed by atoms with Crippen LogP contribution in [0.2, 0.25) is 0 Å². The van der Waals surface area contributed by atoms with Gasteiger partial charge in [0.05, 0.1) is 24.7 Å². The van der Waals surface area contributed by atoms with Gasteiger partial charge in [-0.1, -0.05) is 26.0 Å². The number of nitro benzene ring substituents is 1. The van der Waals surface area contributed by atoms with Gasteiger partial charge in [0, 0.05) is 36.4 Å². The van der Waals surface area contributed by atoms with E-state index >= 15 is 0 Å². The molecule has 3 rings (SSSR count). The second-order valence-electron chi connectivity index (χ2n) is 10.6. The van der Waals surface area contributed by atoms with Gasteiger partial charge in [0.2, 0.25) is 17.7 Å². The molecule has 0 saturated heterocycles. The SMILES string of the molecule is CC(C)[C@H](NC(=O)CCOCCN1C(=O)C=CC1=O)C(=O)N[C@@H](C)C(=O)Nc1ccc(COC(=O)Oc2ccc([N+](=O)[O-])cc2)cc1. The van der Waals surface area contributed by atoms with Crippen molar-refractivity contribution in [2.24, 2.45) is 5.92 Å². The molecule has 0 radical (unpaired) electrons. The highest BCUT2D eigenvalue weighted by molar-refractivity contribution is 6.12. The number of benzene rings is 2. The smallest absolute Gasteiger partial charge is 0.429 e. The average molecular weight is 654 g/mol. The van der Waals surface area contributed by atoms with Crippen LogP contribution in [0.15, 0.2) is 60.7 Å². The van der Waals surface area contributed by atoms with E-state index in [1.807, 2.05) is 0 Å². The first-order valence-electron chi connectivity index (χ1n) is 14.5. The zero-order valence-electron chi connectivity index (χ0n) is 25.9. The fourth-order valence-corrected chi connectivity index (χ4v) is 4.06. The van der Waals surface area contributed by atoms with Crippen LogP contribution in [-0.2, 0) is 40.1 Å². The largest absolute Gasteiger partial charge is 0.514 e. The monoisotopic (exact) mass is 653 g/mol. The van der Waals surface area contributed by atoms with Crippen molar-refractivity contribution in [1.29, 1.82) is 0 Å². The van der Waals surface area contributed by atoms with Crippen molar-refractivity contribution in [3.05, 3.63) is 76.4 Å². The number of amides is 5. The Morgan fingerprint density at radius 2 is 1.51 bits per heavy atom. The van der Waals surface area contributed by atoms with Crippen LogP contribution >= 0.6 is 0 Å². The van der Waals surface area contributed by atoms with Crippen molar-refractivity contribution in [1.82, 2.24) is 15.5 Å². The fraction of sp³-hybridized carbons (Fsp3) is 0.355. The lowest BCUT2D eigenvalue weighted by Gasteiger charge is -2.24. The van der Waals surface area contributed by atoms with Crippen molar-refractivity contribution in [3.63, 3.8) is 0 Å². The number of hydrogen-bond acceptors (Lipinski definition) is 11. The quantitative estimate of drug-likeness (QED) is 0.0597. The highest BCUT2D eigenvalue weighted by atomic mass is 16.7. The van der Waals surface area contributed by atoms with E-state index in [-0.39, 0.29) is 50.1 Å². The van der Waals surface area contributed by atoms with E-state index in [0.717, 1.165) is 4.90 Å². The Morgan fingerprint density at radius 3 is 2.11 bits per heavy atom. The van der Waals surface area contributed by atoms with E-state index in [9.17, 15) is 38.9 Å². The van der Waals surface area contributed by atoms with Crippen LogP contribution in [0.4, 0.5) is 16.2 Å². The number of nitrogens with zero attached hydrogens (tertiary/aromatic N) is 2. The Balaban J connectivity index is 1.38. The van der Waals surface area contributed by atoms with Gasteiger partial charge >= 0.3 is 6.16 Å². The van der Waals surface area contributed by atoms with E-state index in [1.165, 1.54) is 43.3 Å². The Kier molecular flexibility index (Phi) is 13.1. The van der Waals surface area contributed by atoms with Crippen LogP contribution in [0.1, 0.15) is 32.8 Å². The molecule has 0 aliphatic carbocycles. The molecule has 2 aromatic carbocycles. The van der Waals surface area contributed by atoms with Crippen LogP contribution < -0.4 is 20.7 Å². The molecule has 47 heavy (non-hydrogen) atoms. The molecule has 0 saturated carbocycles. The summed E-state index contributed by atoms with van der Waals surface area (Å²) < 4.78 is 15.4. The van der Waals surface area contributed by atoms with Gasteiger partial charge in [0.25, 0.3) is 17.5 Å². The molecular formula is C31H35N5O11. The third kappa shape index (κ3) is 11.3. The summed E-state index contributed by atoms with van der Waals surface area (Å²) in [7, 11) is 0. The Morgan fingerprint density at radius 1 is 0.872 bits per heavy atom. The lowest BCUT2D eigenvalue weighted by molar-refractivity contribution is -0.384. The van der Waals surface area contributed by atoms with Gasteiger partial charge in [0.15, 0.2) is 0 Å². The topological polar surface area (TPSA) is 213 Å². The first-order valence-corrected chi connectivity index (χ1v) is 14.5.